The zero-order chi connectivity index (χ0) is 19.4. The van der Waals surface area contributed by atoms with Crippen LogP contribution in [0.25, 0.3) is 10.9 Å². The summed E-state index contributed by atoms with van der Waals surface area (Å²) in [5.41, 5.74) is 3.41. The van der Waals surface area contributed by atoms with E-state index < -0.39 is 0 Å². The molecule has 0 saturated carbocycles. The van der Waals surface area contributed by atoms with Crippen molar-refractivity contribution in [2.75, 3.05) is 20.8 Å². The minimum atomic E-state index is -0.374. The highest BCUT2D eigenvalue weighted by atomic mass is 16.5. The first-order valence-corrected chi connectivity index (χ1v) is 8.77. The van der Waals surface area contributed by atoms with Gasteiger partial charge in [0, 0.05) is 5.39 Å². The van der Waals surface area contributed by atoms with Crippen LogP contribution in [0.15, 0.2) is 42.5 Å². The molecule has 2 aromatic carbocycles. The van der Waals surface area contributed by atoms with Gasteiger partial charge in [-0.2, -0.15) is 0 Å². The molecule has 3 N–H and O–H groups in total. The Morgan fingerprint density at radius 1 is 1.19 bits per heavy atom. The lowest BCUT2D eigenvalue weighted by Gasteiger charge is -2.17. The summed E-state index contributed by atoms with van der Waals surface area (Å²) >= 11 is 0. The minimum Gasteiger partial charge on any atom is -0.493 e. The van der Waals surface area contributed by atoms with Gasteiger partial charge in [-0.25, -0.2) is 0 Å². The Kier molecular flexibility index (Phi) is 5.66. The van der Waals surface area contributed by atoms with Crippen LogP contribution in [0.5, 0.6) is 11.5 Å². The number of aliphatic hydroxyl groups excluding tert-OH is 1. The number of nitrogens with one attached hydrogen (secondary N) is 2. The number of carbonyl (C=O) groups excluding carboxylic acids is 1. The van der Waals surface area contributed by atoms with E-state index in [0.29, 0.717) is 23.6 Å². The molecule has 0 fully saturated rings. The predicted octanol–water partition coefficient (Wildman–Crippen LogP) is 2.83. The van der Waals surface area contributed by atoms with Crippen molar-refractivity contribution in [2.24, 2.45) is 0 Å². The Bertz CT molecular complexity index is 949. The summed E-state index contributed by atoms with van der Waals surface area (Å²) in [5.74, 6) is 0.896. The summed E-state index contributed by atoms with van der Waals surface area (Å²) in [7, 11) is 3.13. The van der Waals surface area contributed by atoms with Gasteiger partial charge in [-0.1, -0.05) is 24.3 Å². The number of carbonyl (C=O) groups is 1. The van der Waals surface area contributed by atoms with E-state index in [4.69, 9.17) is 9.47 Å². The fourth-order valence-electron chi connectivity index (χ4n) is 3.18. The molecule has 0 aliphatic heterocycles. The molecule has 1 unspecified atom stereocenters. The van der Waals surface area contributed by atoms with Crippen LogP contribution < -0.4 is 14.8 Å². The molecule has 0 bridgehead atoms. The average Bonchev–Trinajstić information content (AvgIpc) is 3.12. The van der Waals surface area contributed by atoms with Gasteiger partial charge in [0.05, 0.1) is 32.4 Å². The largest absolute Gasteiger partial charge is 0.493 e. The first kappa shape index (κ1) is 18.8. The Balaban J connectivity index is 1.81. The topological polar surface area (TPSA) is 83.6 Å². The monoisotopic (exact) mass is 368 g/mol. The van der Waals surface area contributed by atoms with Crippen molar-refractivity contribution in [2.45, 2.75) is 19.4 Å². The van der Waals surface area contributed by atoms with Crippen molar-refractivity contribution in [3.63, 3.8) is 0 Å². The fraction of sp³-hybridized carbons (Fsp3) is 0.286. The van der Waals surface area contributed by atoms with E-state index in [2.05, 4.69) is 10.3 Å². The maximum atomic E-state index is 12.7. The van der Waals surface area contributed by atoms with Crippen molar-refractivity contribution in [1.29, 1.82) is 0 Å². The smallest absolute Gasteiger partial charge is 0.268 e. The van der Waals surface area contributed by atoms with Gasteiger partial charge in [-0.15, -0.1) is 0 Å². The molecule has 1 aromatic heterocycles. The lowest BCUT2D eigenvalue weighted by Crippen LogP contribution is -2.39. The first-order chi connectivity index (χ1) is 13.1. The van der Waals surface area contributed by atoms with Crippen molar-refractivity contribution in [1.82, 2.24) is 10.3 Å². The van der Waals surface area contributed by atoms with Gasteiger partial charge in [0.25, 0.3) is 5.91 Å². The van der Waals surface area contributed by atoms with Crippen LogP contribution in [0.4, 0.5) is 0 Å². The molecular weight excluding hydrogens is 344 g/mol. The highest BCUT2D eigenvalue weighted by Gasteiger charge is 2.18. The van der Waals surface area contributed by atoms with E-state index in [1.54, 1.807) is 26.4 Å². The highest BCUT2D eigenvalue weighted by molar-refractivity contribution is 6.00. The second kappa shape index (κ2) is 8.14. The van der Waals surface area contributed by atoms with Gasteiger partial charge in [0.15, 0.2) is 11.5 Å². The number of aryl methyl sites for hydroxylation is 1. The molecule has 1 amide bonds. The molecule has 0 aliphatic rings. The Hall–Kier alpha value is -2.99. The summed E-state index contributed by atoms with van der Waals surface area (Å²) in [4.78, 5) is 15.8. The lowest BCUT2D eigenvalue weighted by molar-refractivity contribution is 0.0912. The maximum Gasteiger partial charge on any atom is 0.268 e. The number of hydrogen-bond acceptors (Lipinski definition) is 4. The molecule has 3 rings (SSSR count). The molecule has 0 saturated heterocycles. The van der Waals surface area contributed by atoms with Crippen LogP contribution >= 0.6 is 0 Å². The van der Waals surface area contributed by atoms with Gasteiger partial charge in [-0.3, -0.25) is 4.79 Å². The maximum absolute atomic E-state index is 12.7. The molecule has 6 heteroatoms. The van der Waals surface area contributed by atoms with E-state index in [9.17, 15) is 9.90 Å². The summed E-state index contributed by atoms with van der Waals surface area (Å²) in [6, 6.07) is 12.9. The van der Waals surface area contributed by atoms with Gasteiger partial charge in [0.2, 0.25) is 0 Å². The van der Waals surface area contributed by atoms with Crippen molar-refractivity contribution in [3.8, 4) is 11.5 Å². The highest BCUT2D eigenvalue weighted by Crippen LogP contribution is 2.35. The molecular formula is C21H24N2O4. The molecule has 3 aromatic rings. The third kappa shape index (κ3) is 3.90. The van der Waals surface area contributed by atoms with Crippen molar-refractivity contribution in [3.05, 3.63) is 59.3 Å². The van der Waals surface area contributed by atoms with Gasteiger partial charge >= 0.3 is 0 Å². The van der Waals surface area contributed by atoms with Crippen LogP contribution in [0, 0.1) is 6.92 Å². The van der Waals surface area contributed by atoms with Crippen LogP contribution in [0.3, 0.4) is 0 Å². The SMILES string of the molecule is COc1ccc2[nH]c(C(=O)NC(CO)Cc3ccccc3C)cc2c1OC. The zero-order valence-electron chi connectivity index (χ0n) is 15.7. The van der Waals surface area contributed by atoms with E-state index >= 15 is 0 Å². The standard InChI is InChI=1S/C21H24N2O4/c1-13-6-4-5-7-14(13)10-15(12-24)22-21(25)18-11-16-17(23-18)8-9-19(26-2)20(16)27-3/h4-9,11,15,23-24H,10,12H2,1-3H3,(H,22,25). The van der Waals surface area contributed by atoms with E-state index in [0.717, 1.165) is 22.0 Å². The second-order valence-electron chi connectivity index (χ2n) is 6.43. The number of fused-ring (bicyclic) bond motifs is 1. The molecule has 142 valence electrons. The Morgan fingerprint density at radius 2 is 1.96 bits per heavy atom. The number of aromatic amines is 1. The van der Waals surface area contributed by atoms with Crippen LogP contribution in [-0.2, 0) is 6.42 Å². The van der Waals surface area contributed by atoms with Gasteiger partial charge < -0.3 is 24.9 Å². The summed E-state index contributed by atoms with van der Waals surface area (Å²) in [6.45, 7) is 1.88. The van der Waals surface area contributed by atoms with E-state index in [-0.39, 0.29) is 18.6 Å². The summed E-state index contributed by atoms with van der Waals surface area (Å²) in [6.07, 6.45) is 0.562. The lowest BCUT2D eigenvalue weighted by atomic mass is 10.0. The number of methoxy groups -OCH3 is 2. The number of amides is 1. The van der Waals surface area contributed by atoms with Crippen molar-refractivity contribution < 1.29 is 19.4 Å². The number of ether oxygens (including phenoxy) is 2. The normalized spacial score (nSPS) is 12.0. The molecule has 0 radical (unpaired) electrons. The van der Waals surface area contributed by atoms with Crippen LogP contribution in [-0.4, -0.2) is 42.9 Å². The quantitative estimate of drug-likeness (QED) is 0.599. The Morgan fingerprint density at radius 3 is 2.63 bits per heavy atom. The molecule has 0 spiro atoms. The summed E-state index contributed by atoms with van der Waals surface area (Å²) < 4.78 is 10.7. The number of aromatic nitrogens is 1. The number of hydrogen-bond donors (Lipinski definition) is 3. The third-order valence-electron chi connectivity index (χ3n) is 4.67. The fourth-order valence-corrected chi connectivity index (χ4v) is 3.18. The number of rotatable bonds is 7. The molecule has 1 heterocycles. The number of H-pyrrole nitrogens is 1. The van der Waals surface area contributed by atoms with Gasteiger partial charge in [-0.05, 0) is 42.7 Å². The van der Waals surface area contributed by atoms with Crippen LogP contribution in [0.1, 0.15) is 21.6 Å². The molecule has 6 nitrogen and oxygen atoms in total. The summed E-state index contributed by atoms with van der Waals surface area (Å²) in [5, 5.41) is 13.4. The van der Waals surface area contributed by atoms with Crippen LogP contribution in [0.2, 0.25) is 0 Å². The zero-order valence-corrected chi connectivity index (χ0v) is 15.7. The Labute approximate surface area is 158 Å². The second-order valence-corrected chi connectivity index (χ2v) is 6.43. The van der Waals surface area contributed by atoms with Crippen molar-refractivity contribution >= 4 is 16.8 Å². The molecule has 0 aliphatic carbocycles. The third-order valence-corrected chi connectivity index (χ3v) is 4.67. The van der Waals surface area contributed by atoms with E-state index in [1.165, 1.54) is 0 Å². The number of benzene rings is 2. The first-order valence-electron chi connectivity index (χ1n) is 8.77. The molecule has 27 heavy (non-hydrogen) atoms. The van der Waals surface area contributed by atoms with Gasteiger partial charge in [0.1, 0.15) is 5.69 Å². The number of aliphatic hydroxyl groups is 1. The van der Waals surface area contributed by atoms with E-state index in [1.807, 2.05) is 37.3 Å². The molecule has 1 atom stereocenters. The minimum absolute atomic E-state index is 0.141. The average molecular weight is 368 g/mol. The predicted molar refractivity (Wildman–Crippen MR) is 105 cm³/mol.